The van der Waals surface area contributed by atoms with Gasteiger partial charge in [0.1, 0.15) is 18.4 Å². The summed E-state index contributed by atoms with van der Waals surface area (Å²) in [6.45, 7) is 8.04. The van der Waals surface area contributed by atoms with Crippen LogP contribution in [0, 0.1) is 12.7 Å². The van der Waals surface area contributed by atoms with Crippen LogP contribution in [0.2, 0.25) is 10.0 Å². The van der Waals surface area contributed by atoms with E-state index in [4.69, 9.17) is 23.2 Å². The molecule has 1 N–H and O–H groups in total. The van der Waals surface area contributed by atoms with Crippen molar-refractivity contribution >= 4 is 50.7 Å². The van der Waals surface area contributed by atoms with Crippen molar-refractivity contribution in [3.05, 3.63) is 93.7 Å². The van der Waals surface area contributed by atoms with Crippen LogP contribution in [0.4, 0.5) is 10.1 Å². The van der Waals surface area contributed by atoms with E-state index in [1.807, 2.05) is 6.92 Å². The van der Waals surface area contributed by atoms with Crippen molar-refractivity contribution in [1.82, 2.24) is 10.2 Å². The van der Waals surface area contributed by atoms with Crippen molar-refractivity contribution in [2.45, 2.75) is 57.6 Å². The Kier molecular flexibility index (Phi) is 9.87. The second kappa shape index (κ2) is 12.6. The summed E-state index contributed by atoms with van der Waals surface area (Å²) in [6.07, 6.45) is 0. The molecule has 2 amide bonds. The van der Waals surface area contributed by atoms with E-state index < -0.39 is 45.8 Å². The summed E-state index contributed by atoms with van der Waals surface area (Å²) in [5.74, 6) is -1.56. The van der Waals surface area contributed by atoms with E-state index in [9.17, 15) is 22.4 Å². The molecule has 7 nitrogen and oxygen atoms in total. The van der Waals surface area contributed by atoms with E-state index in [-0.39, 0.29) is 27.2 Å². The number of halogens is 3. The van der Waals surface area contributed by atoms with Gasteiger partial charge in [-0.25, -0.2) is 12.8 Å². The number of aryl methyl sites for hydroxylation is 1. The maximum absolute atomic E-state index is 13.9. The molecule has 3 aromatic carbocycles. The lowest BCUT2D eigenvalue weighted by Gasteiger charge is -2.33. The number of hydrogen-bond donors (Lipinski definition) is 1. The van der Waals surface area contributed by atoms with Gasteiger partial charge in [-0.3, -0.25) is 13.9 Å². The number of nitrogens with zero attached hydrogens (tertiary/aromatic N) is 2. The van der Waals surface area contributed by atoms with Crippen molar-refractivity contribution in [3.63, 3.8) is 0 Å². The van der Waals surface area contributed by atoms with Gasteiger partial charge in [0, 0.05) is 17.1 Å². The van der Waals surface area contributed by atoms with Gasteiger partial charge >= 0.3 is 0 Å². The third kappa shape index (κ3) is 7.96. The van der Waals surface area contributed by atoms with Gasteiger partial charge in [-0.1, -0.05) is 53.0 Å². The fraction of sp³-hybridized carbons (Fsp3) is 0.310. The smallest absolute Gasteiger partial charge is 0.264 e. The molecule has 11 heteroatoms. The summed E-state index contributed by atoms with van der Waals surface area (Å²) in [4.78, 5) is 28.3. The van der Waals surface area contributed by atoms with Crippen LogP contribution >= 0.6 is 23.2 Å². The largest absolute Gasteiger partial charge is 0.350 e. The number of benzene rings is 3. The number of hydrogen-bond acceptors (Lipinski definition) is 4. The first-order valence-electron chi connectivity index (χ1n) is 12.5. The summed E-state index contributed by atoms with van der Waals surface area (Å²) in [7, 11) is -4.30. The normalized spacial score (nSPS) is 12.5. The van der Waals surface area contributed by atoms with E-state index in [0.29, 0.717) is 5.56 Å². The molecular weight excluding hydrogens is 576 g/mol. The van der Waals surface area contributed by atoms with Gasteiger partial charge in [0.05, 0.1) is 15.6 Å². The van der Waals surface area contributed by atoms with Crippen LogP contribution in [0.15, 0.2) is 71.6 Å². The number of carbonyl (C=O) groups excluding carboxylic acids is 2. The van der Waals surface area contributed by atoms with Gasteiger partial charge in [0.25, 0.3) is 10.0 Å². The van der Waals surface area contributed by atoms with E-state index >= 15 is 0 Å². The van der Waals surface area contributed by atoms with Crippen LogP contribution in [-0.4, -0.2) is 43.3 Å². The Balaban J connectivity index is 2.08. The minimum atomic E-state index is -4.30. The first-order valence-corrected chi connectivity index (χ1v) is 14.7. The van der Waals surface area contributed by atoms with Crippen molar-refractivity contribution in [1.29, 1.82) is 0 Å². The van der Waals surface area contributed by atoms with Crippen LogP contribution in [0.1, 0.15) is 38.8 Å². The Morgan fingerprint density at radius 3 is 2.15 bits per heavy atom. The summed E-state index contributed by atoms with van der Waals surface area (Å²) in [6, 6.07) is 15.0. The Bertz CT molecular complexity index is 1470. The van der Waals surface area contributed by atoms with E-state index in [0.717, 1.165) is 9.87 Å². The second-order valence-electron chi connectivity index (χ2n) is 10.5. The molecule has 0 spiro atoms. The number of nitrogens with one attached hydrogen (secondary N) is 1. The Morgan fingerprint density at radius 1 is 0.975 bits per heavy atom. The molecule has 0 bridgehead atoms. The number of sulfonamides is 1. The average molecular weight is 609 g/mol. The maximum atomic E-state index is 13.9. The maximum Gasteiger partial charge on any atom is 0.264 e. The highest BCUT2D eigenvalue weighted by molar-refractivity contribution is 7.92. The zero-order valence-corrected chi connectivity index (χ0v) is 25.2. The number of rotatable bonds is 9. The molecule has 0 aliphatic heterocycles. The lowest BCUT2D eigenvalue weighted by atomic mass is 10.1. The molecule has 0 radical (unpaired) electrons. The first kappa shape index (κ1) is 31.4. The SMILES string of the molecule is Cc1ccc(S(=O)(=O)N(CC(=O)N(Cc2ccc(F)cc2)[C@@H](C)C(=O)NC(C)(C)C)c2cc(Cl)ccc2Cl)cc1. The van der Waals surface area contributed by atoms with Gasteiger partial charge in [-0.15, -0.1) is 0 Å². The Labute approximate surface area is 244 Å². The third-order valence-electron chi connectivity index (χ3n) is 6.00. The van der Waals surface area contributed by atoms with E-state index in [1.165, 1.54) is 59.5 Å². The predicted octanol–water partition coefficient (Wildman–Crippen LogP) is 5.97. The first-order chi connectivity index (χ1) is 18.6. The van der Waals surface area contributed by atoms with Gasteiger partial charge in [-0.05, 0) is 82.6 Å². The molecule has 0 saturated heterocycles. The monoisotopic (exact) mass is 607 g/mol. The molecule has 214 valence electrons. The summed E-state index contributed by atoms with van der Waals surface area (Å²) in [5, 5.41) is 3.13. The summed E-state index contributed by atoms with van der Waals surface area (Å²) >= 11 is 12.6. The fourth-order valence-electron chi connectivity index (χ4n) is 3.87. The molecule has 0 aliphatic rings. The Hall–Kier alpha value is -3.14. The molecule has 40 heavy (non-hydrogen) atoms. The molecule has 1 atom stereocenters. The minimum absolute atomic E-state index is 0.0108. The highest BCUT2D eigenvalue weighted by Gasteiger charge is 2.34. The van der Waals surface area contributed by atoms with Crippen molar-refractivity contribution in [2.24, 2.45) is 0 Å². The summed E-state index contributed by atoms with van der Waals surface area (Å²) in [5.41, 5.74) is 0.840. The van der Waals surface area contributed by atoms with Crippen LogP contribution in [0.25, 0.3) is 0 Å². The average Bonchev–Trinajstić information content (AvgIpc) is 2.87. The standard InChI is InChI=1S/C29H32Cl2FN3O4S/c1-19-6-13-24(14-7-19)40(38,39)35(26-16-22(30)10-15-25(26)31)18-27(36)34(17-21-8-11-23(32)12-9-21)20(2)28(37)33-29(3,4)5/h6-16,20H,17-18H2,1-5H3,(H,33,37)/t20-/m0/s1. The molecule has 3 aromatic rings. The van der Waals surface area contributed by atoms with E-state index in [1.54, 1.807) is 39.8 Å². The van der Waals surface area contributed by atoms with Crippen LogP contribution in [0.3, 0.4) is 0 Å². The highest BCUT2D eigenvalue weighted by atomic mass is 35.5. The number of anilines is 1. The van der Waals surface area contributed by atoms with Crippen LogP contribution in [-0.2, 0) is 26.2 Å². The van der Waals surface area contributed by atoms with Gasteiger partial charge < -0.3 is 10.2 Å². The zero-order valence-electron chi connectivity index (χ0n) is 22.9. The van der Waals surface area contributed by atoms with Gasteiger partial charge in [0.2, 0.25) is 11.8 Å². The topological polar surface area (TPSA) is 86.8 Å². The molecular formula is C29H32Cl2FN3O4S. The van der Waals surface area contributed by atoms with Crippen molar-refractivity contribution in [3.8, 4) is 0 Å². The van der Waals surface area contributed by atoms with Gasteiger partial charge in [0.15, 0.2) is 0 Å². The third-order valence-corrected chi connectivity index (χ3v) is 8.33. The lowest BCUT2D eigenvalue weighted by Crippen LogP contribution is -2.54. The lowest BCUT2D eigenvalue weighted by molar-refractivity contribution is -0.140. The number of amides is 2. The molecule has 0 heterocycles. The molecule has 3 rings (SSSR count). The molecule has 0 saturated carbocycles. The molecule has 0 aromatic heterocycles. The van der Waals surface area contributed by atoms with Crippen LogP contribution in [0.5, 0.6) is 0 Å². The molecule has 0 aliphatic carbocycles. The molecule has 0 unspecified atom stereocenters. The van der Waals surface area contributed by atoms with Crippen molar-refractivity contribution < 1.29 is 22.4 Å². The fourth-order valence-corrected chi connectivity index (χ4v) is 5.73. The van der Waals surface area contributed by atoms with Crippen molar-refractivity contribution in [2.75, 3.05) is 10.8 Å². The highest BCUT2D eigenvalue weighted by Crippen LogP contribution is 2.33. The Morgan fingerprint density at radius 2 is 1.57 bits per heavy atom. The van der Waals surface area contributed by atoms with Gasteiger partial charge in [-0.2, -0.15) is 0 Å². The quantitative estimate of drug-likeness (QED) is 0.325. The summed E-state index contributed by atoms with van der Waals surface area (Å²) < 4.78 is 42.2. The predicted molar refractivity (Wildman–Crippen MR) is 156 cm³/mol. The second-order valence-corrected chi connectivity index (χ2v) is 13.2. The van der Waals surface area contributed by atoms with Crippen LogP contribution < -0.4 is 9.62 Å². The minimum Gasteiger partial charge on any atom is -0.350 e. The zero-order chi connectivity index (χ0) is 29.8. The number of carbonyl (C=O) groups is 2. The van der Waals surface area contributed by atoms with E-state index in [2.05, 4.69) is 5.32 Å². The molecule has 0 fully saturated rings.